The first-order chi connectivity index (χ1) is 10.5. The van der Waals surface area contributed by atoms with Gasteiger partial charge in [-0.15, -0.1) is 0 Å². The van der Waals surface area contributed by atoms with Crippen LogP contribution in [0.2, 0.25) is 0 Å². The van der Waals surface area contributed by atoms with Crippen LogP contribution in [-0.4, -0.2) is 16.6 Å². The van der Waals surface area contributed by atoms with Crippen LogP contribution in [0.1, 0.15) is 36.6 Å². The van der Waals surface area contributed by atoms with Crippen LogP contribution in [-0.2, 0) is 12.7 Å². The maximum Gasteiger partial charge on any atom is 0.434 e. The van der Waals surface area contributed by atoms with E-state index in [1.54, 1.807) is 4.57 Å². The van der Waals surface area contributed by atoms with E-state index in [0.717, 1.165) is 43.1 Å². The molecule has 1 aromatic heterocycles. The van der Waals surface area contributed by atoms with Crippen LogP contribution in [0.3, 0.4) is 0 Å². The maximum atomic E-state index is 13.0. The Bertz CT molecular complexity index is 640. The van der Waals surface area contributed by atoms with Gasteiger partial charge in [-0.3, -0.25) is 0 Å². The molecule has 0 atom stereocenters. The number of hydrogen-bond donors (Lipinski definition) is 1. The van der Waals surface area contributed by atoms with Crippen LogP contribution in [0.4, 0.5) is 13.2 Å². The van der Waals surface area contributed by atoms with Crippen LogP contribution in [0.15, 0.2) is 30.5 Å². The van der Waals surface area contributed by atoms with Crippen LogP contribution >= 0.6 is 0 Å². The van der Waals surface area contributed by atoms with Gasteiger partial charge in [0.25, 0.3) is 0 Å². The molecule has 22 heavy (non-hydrogen) atoms. The fourth-order valence-corrected chi connectivity index (χ4v) is 2.66. The molecule has 6 heteroatoms. The Labute approximate surface area is 127 Å². The first-order valence-electron chi connectivity index (χ1n) is 7.39. The third-order valence-corrected chi connectivity index (χ3v) is 4.08. The highest BCUT2D eigenvalue weighted by Crippen LogP contribution is 2.38. The Morgan fingerprint density at radius 3 is 2.41 bits per heavy atom. The molecule has 1 fully saturated rings. The van der Waals surface area contributed by atoms with Gasteiger partial charge >= 0.3 is 6.18 Å². The molecule has 0 unspecified atom stereocenters. The average molecular weight is 309 g/mol. The summed E-state index contributed by atoms with van der Waals surface area (Å²) in [5.41, 5.74) is 1.000. The minimum atomic E-state index is -4.41. The second-order valence-corrected chi connectivity index (χ2v) is 5.67. The van der Waals surface area contributed by atoms with Gasteiger partial charge in [0.05, 0.1) is 0 Å². The second kappa shape index (κ2) is 5.76. The summed E-state index contributed by atoms with van der Waals surface area (Å²) in [5.74, 6) is 0.410. The van der Waals surface area contributed by atoms with Gasteiger partial charge in [-0.2, -0.15) is 13.2 Å². The Hall–Kier alpha value is -1.82. The molecule has 1 aromatic carbocycles. The van der Waals surface area contributed by atoms with Crippen LogP contribution in [0.25, 0.3) is 11.4 Å². The van der Waals surface area contributed by atoms with E-state index in [-0.39, 0.29) is 6.04 Å². The van der Waals surface area contributed by atoms with Gasteiger partial charge in [0.2, 0.25) is 0 Å². The number of nitrogens with one attached hydrogen (secondary N) is 1. The SMILES string of the molecule is CNCc1ccc(-c2nc(C(F)(F)F)cn2C2CCC2)cc1. The van der Waals surface area contributed by atoms with Gasteiger partial charge in [-0.25, -0.2) is 4.98 Å². The van der Waals surface area contributed by atoms with Gasteiger partial charge < -0.3 is 9.88 Å². The summed E-state index contributed by atoms with van der Waals surface area (Å²) in [6.07, 6.45) is -0.363. The van der Waals surface area contributed by atoms with Crippen molar-refractivity contribution in [3.05, 3.63) is 41.7 Å². The van der Waals surface area contributed by atoms with Gasteiger partial charge in [0.1, 0.15) is 5.82 Å². The number of benzene rings is 1. The number of nitrogens with zero attached hydrogens (tertiary/aromatic N) is 2. The Balaban J connectivity index is 1.98. The van der Waals surface area contributed by atoms with Crippen molar-refractivity contribution in [1.82, 2.24) is 14.9 Å². The molecule has 3 rings (SSSR count). The zero-order valence-electron chi connectivity index (χ0n) is 12.3. The molecule has 1 aliphatic carbocycles. The Morgan fingerprint density at radius 2 is 1.91 bits per heavy atom. The minimum Gasteiger partial charge on any atom is -0.327 e. The van der Waals surface area contributed by atoms with Crippen molar-refractivity contribution in [2.24, 2.45) is 0 Å². The molecule has 1 aliphatic rings. The molecular weight excluding hydrogens is 291 g/mol. The van der Waals surface area contributed by atoms with Crippen LogP contribution in [0, 0.1) is 0 Å². The molecule has 1 heterocycles. The van der Waals surface area contributed by atoms with Gasteiger partial charge in [0.15, 0.2) is 5.69 Å². The Morgan fingerprint density at radius 1 is 1.23 bits per heavy atom. The third-order valence-electron chi connectivity index (χ3n) is 4.08. The number of rotatable bonds is 4. The molecule has 0 spiro atoms. The second-order valence-electron chi connectivity index (χ2n) is 5.67. The monoisotopic (exact) mass is 309 g/mol. The van der Waals surface area contributed by atoms with E-state index in [9.17, 15) is 13.2 Å². The van der Waals surface area contributed by atoms with Gasteiger partial charge in [-0.1, -0.05) is 24.3 Å². The lowest BCUT2D eigenvalue weighted by Gasteiger charge is -2.28. The zero-order chi connectivity index (χ0) is 15.7. The topological polar surface area (TPSA) is 29.9 Å². The third kappa shape index (κ3) is 2.88. The van der Waals surface area contributed by atoms with E-state index in [1.807, 2.05) is 31.3 Å². The first kappa shape index (κ1) is 15.1. The van der Waals surface area contributed by atoms with E-state index in [0.29, 0.717) is 5.82 Å². The summed E-state index contributed by atoms with van der Waals surface area (Å²) in [5, 5.41) is 3.05. The molecule has 2 aromatic rings. The predicted octanol–water partition coefficient (Wildman–Crippen LogP) is 4.01. The number of alkyl halides is 3. The molecule has 118 valence electrons. The molecule has 0 amide bonds. The zero-order valence-corrected chi connectivity index (χ0v) is 12.3. The fourth-order valence-electron chi connectivity index (χ4n) is 2.66. The van der Waals surface area contributed by atoms with E-state index >= 15 is 0 Å². The van der Waals surface area contributed by atoms with E-state index in [4.69, 9.17) is 0 Å². The highest BCUT2D eigenvalue weighted by molar-refractivity contribution is 5.57. The quantitative estimate of drug-likeness (QED) is 0.924. The summed E-state index contributed by atoms with van der Waals surface area (Å²) in [6, 6.07) is 7.64. The van der Waals surface area contributed by atoms with Crippen molar-refractivity contribution < 1.29 is 13.2 Å². The van der Waals surface area contributed by atoms with Crippen molar-refractivity contribution in [2.75, 3.05) is 7.05 Å². The highest BCUT2D eigenvalue weighted by Gasteiger charge is 2.36. The number of aromatic nitrogens is 2. The van der Waals surface area contributed by atoms with Crippen molar-refractivity contribution in [1.29, 1.82) is 0 Å². The Kier molecular flexibility index (Phi) is 3.95. The van der Waals surface area contributed by atoms with Gasteiger partial charge in [-0.05, 0) is 31.9 Å². The minimum absolute atomic E-state index is 0.135. The average Bonchev–Trinajstić information content (AvgIpc) is 2.83. The highest BCUT2D eigenvalue weighted by atomic mass is 19.4. The van der Waals surface area contributed by atoms with Crippen molar-refractivity contribution in [3.8, 4) is 11.4 Å². The van der Waals surface area contributed by atoms with E-state index in [1.165, 1.54) is 0 Å². The lowest BCUT2D eigenvalue weighted by atomic mass is 9.92. The van der Waals surface area contributed by atoms with Crippen molar-refractivity contribution >= 4 is 0 Å². The summed E-state index contributed by atoms with van der Waals surface area (Å²) in [4.78, 5) is 3.85. The summed E-state index contributed by atoms with van der Waals surface area (Å²) >= 11 is 0. The summed E-state index contributed by atoms with van der Waals surface area (Å²) in [6.45, 7) is 0.727. The van der Waals surface area contributed by atoms with E-state index in [2.05, 4.69) is 10.3 Å². The lowest BCUT2D eigenvalue weighted by molar-refractivity contribution is -0.140. The number of hydrogen-bond acceptors (Lipinski definition) is 2. The molecule has 1 saturated carbocycles. The molecule has 0 bridgehead atoms. The van der Waals surface area contributed by atoms with Crippen molar-refractivity contribution in [2.45, 2.75) is 38.0 Å². The van der Waals surface area contributed by atoms with E-state index < -0.39 is 11.9 Å². The normalized spacial score (nSPS) is 15.8. The molecule has 3 nitrogen and oxygen atoms in total. The molecular formula is C16H18F3N3. The van der Waals surface area contributed by atoms with Crippen molar-refractivity contribution in [3.63, 3.8) is 0 Å². The summed E-state index contributed by atoms with van der Waals surface area (Å²) < 4.78 is 40.6. The molecule has 0 aliphatic heterocycles. The lowest BCUT2D eigenvalue weighted by Crippen LogP contribution is -2.17. The molecule has 0 saturated heterocycles. The largest absolute Gasteiger partial charge is 0.434 e. The number of halogens is 3. The molecule has 1 N–H and O–H groups in total. The van der Waals surface area contributed by atoms with Crippen LogP contribution in [0.5, 0.6) is 0 Å². The summed E-state index contributed by atoms with van der Waals surface area (Å²) in [7, 11) is 1.85. The predicted molar refractivity (Wildman–Crippen MR) is 78.3 cm³/mol. The maximum absolute atomic E-state index is 13.0. The number of imidazole rings is 1. The van der Waals surface area contributed by atoms with Crippen LogP contribution < -0.4 is 5.32 Å². The first-order valence-corrected chi connectivity index (χ1v) is 7.39. The smallest absolute Gasteiger partial charge is 0.327 e. The van der Waals surface area contributed by atoms with Gasteiger partial charge in [0, 0.05) is 24.3 Å². The standard InChI is InChI=1S/C16H18F3N3/c1-20-9-11-5-7-12(8-6-11)15-21-14(16(17,18)19)10-22(15)13-3-2-4-13/h5-8,10,13,20H,2-4,9H2,1H3. The molecule has 0 radical (unpaired) electrons. The fraction of sp³-hybridized carbons (Fsp3) is 0.438.